The quantitative estimate of drug-likeness (QED) is 0.378. The van der Waals surface area contributed by atoms with E-state index in [9.17, 15) is 21.6 Å². The Hall–Kier alpha value is -0.418. The average molecular weight is 418 g/mol. The second-order valence-corrected chi connectivity index (χ2v) is 9.32. The van der Waals surface area contributed by atoms with Gasteiger partial charge in [-0.15, -0.1) is 0 Å². The van der Waals surface area contributed by atoms with Crippen LogP contribution in [0.15, 0.2) is 34.4 Å². The van der Waals surface area contributed by atoms with Crippen LogP contribution in [0.2, 0.25) is 4.89 Å². The van der Waals surface area contributed by atoms with Gasteiger partial charge in [0.1, 0.15) is 0 Å². The molecule has 0 aromatic carbocycles. The first-order valence-corrected chi connectivity index (χ1v) is 10.2. The molecule has 0 radical (unpaired) electrons. The molecule has 0 aromatic rings. The van der Waals surface area contributed by atoms with Crippen LogP contribution in [0.3, 0.4) is 0 Å². The zero-order valence-electron chi connectivity index (χ0n) is 11.5. The summed E-state index contributed by atoms with van der Waals surface area (Å²) in [5.41, 5.74) is -5.37. The summed E-state index contributed by atoms with van der Waals surface area (Å²) in [6.07, 6.45) is 11.9. The van der Waals surface area contributed by atoms with Gasteiger partial charge in [-0.3, -0.25) is 0 Å². The standard InChI is InChI=1S/C8H11.C4H7.CHF3O3S.Pd/c1-2-4-6-8-7-5-3-1;1-3-4-2;2-1(3,4)8(5,6)7;/h1-2,7H,3-6H2;3-4H,1H2,2H3;(H,5,6,7);/q;;;+1/p-1/b;4-3+;;. The minimum atomic E-state index is -5.54. The van der Waals surface area contributed by atoms with E-state index in [1.807, 2.05) is 18.2 Å². The van der Waals surface area contributed by atoms with E-state index < -0.39 is 32.8 Å². The van der Waals surface area contributed by atoms with Gasteiger partial charge in [-0.05, 0) is 0 Å². The molecule has 0 unspecified atom stereocenters. The summed E-state index contributed by atoms with van der Waals surface area (Å²) in [7, 11) is -5.54. The van der Waals surface area contributed by atoms with Crippen molar-refractivity contribution in [1.29, 1.82) is 0 Å². The summed E-state index contributed by atoms with van der Waals surface area (Å²) in [6.45, 7) is 1.73. The van der Waals surface area contributed by atoms with Crippen LogP contribution >= 0.6 is 0 Å². The van der Waals surface area contributed by atoms with Crippen molar-refractivity contribution in [2.45, 2.75) is 43.0 Å². The van der Waals surface area contributed by atoms with E-state index in [0.29, 0.717) is 19.3 Å². The van der Waals surface area contributed by atoms with Crippen molar-refractivity contribution >= 4 is 10.1 Å². The number of allylic oxidation sites excluding steroid dienone is 6. The molecule has 0 atom stereocenters. The van der Waals surface area contributed by atoms with Crippen molar-refractivity contribution < 1.29 is 41.6 Å². The van der Waals surface area contributed by atoms with E-state index in [2.05, 4.69) is 2.91 Å². The average Bonchev–Trinajstić information content (AvgIpc) is 2.33. The Morgan fingerprint density at radius 2 is 1.95 bits per heavy atom. The van der Waals surface area contributed by atoms with Crippen LogP contribution in [-0.4, -0.2) is 13.9 Å². The van der Waals surface area contributed by atoms with E-state index in [0.717, 1.165) is 10.5 Å². The minimum absolute atomic E-state index is 0.215. The molecule has 3 nitrogen and oxygen atoms in total. The van der Waals surface area contributed by atoms with Crippen molar-refractivity contribution in [2.24, 2.45) is 0 Å². The van der Waals surface area contributed by atoms with Crippen LogP contribution in [0.4, 0.5) is 13.2 Å². The first-order valence-electron chi connectivity index (χ1n) is 6.30. The molecule has 0 aliphatic heterocycles. The second-order valence-electron chi connectivity index (χ2n) is 4.12. The molecule has 125 valence electrons. The molecule has 0 saturated heterocycles. The van der Waals surface area contributed by atoms with Gasteiger partial charge in [-0.25, -0.2) is 0 Å². The predicted octanol–water partition coefficient (Wildman–Crippen LogP) is 4.39. The second kappa shape index (κ2) is 8.28. The van der Waals surface area contributed by atoms with Crippen molar-refractivity contribution in [1.82, 2.24) is 0 Å². The Morgan fingerprint density at radius 1 is 1.29 bits per heavy atom. The van der Waals surface area contributed by atoms with Gasteiger partial charge in [0.2, 0.25) is 0 Å². The fourth-order valence-corrected chi connectivity index (χ4v) is 6.61. The number of hydrogen-bond acceptors (Lipinski definition) is 3. The number of alkyl halides is 3. The van der Waals surface area contributed by atoms with Gasteiger partial charge in [0.05, 0.1) is 0 Å². The Labute approximate surface area is 129 Å². The van der Waals surface area contributed by atoms with Gasteiger partial charge in [-0.2, -0.15) is 0 Å². The molecule has 21 heavy (non-hydrogen) atoms. The third-order valence-corrected chi connectivity index (χ3v) is 8.02. The van der Waals surface area contributed by atoms with Gasteiger partial charge in [0.25, 0.3) is 0 Å². The molecule has 8 heteroatoms. The molecule has 0 spiro atoms. The van der Waals surface area contributed by atoms with E-state index in [1.165, 1.54) is 0 Å². The van der Waals surface area contributed by atoms with Crippen molar-refractivity contribution in [3.8, 4) is 0 Å². The van der Waals surface area contributed by atoms with E-state index in [1.54, 1.807) is 19.1 Å². The fourth-order valence-electron chi connectivity index (χ4n) is 1.43. The van der Waals surface area contributed by atoms with Crippen molar-refractivity contribution in [3.05, 3.63) is 34.4 Å². The Bertz CT molecular complexity index is 521. The van der Waals surface area contributed by atoms with E-state index >= 15 is 0 Å². The van der Waals surface area contributed by atoms with Crippen molar-refractivity contribution in [3.63, 3.8) is 0 Å². The monoisotopic (exact) mass is 417 g/mol. The fraction of sp³-hybridized carbons (Fsp3) is 0.538. The summed E-state index contributed by atoms with van der Waals surface area (Å²) < 4.78 is 65.2. The van der Waals surface area contributed by atoms with E-state index in [-0.39, 0.29) is 4.89 Å². The molecule has 0 bridgehead atoms. The summed E-state index contributed by atoms with van der Waals surface area (Å²) >= 11 is -2.42. The Balaban J connectivity index is 2.95. The van der Waals surface area contributed by atoms with Crippen LogP contribution in [0.1, 0.15) is 32.6 Å². The van der Waals surface area contributed by atoms with Crippen LogP contribution in [-0.2, 0) is 30.2 Å². The maximum atomic E-state index is 12.5. The molecule has 0 aromatic heterocycles. The Kier molecular flexibility index (Phi) is 7.34. The molecule has 0 amide bonds. The summed E-state index contributed by atoms with van der Waals surface area (Å²) in [5.74, 6) is 0. The van der Waals surface area contributed by atoms with Gasteiger partial charge < -0.3 is 0 Å². The maximum absolute atomic E-state index is 12.5. The first kappa shape index (κ1) is 18.6. The zero-order chi connectivity index (χ0) is 15.9. The van der Waals surface area contributed by atoms with Crippen LogP contribution in [0, 0.1) is 0 Å². The first-order chi connectivity index (χ1) is 9.78. The number of halogens is 3. The predicted molar refractivity (Wildman–Crippen MR) is 71.4 cm³/mol. The summed E-state index contributed by atoms with van der Waals surface area (Å²) in [6, 6.07) is 0. The molecule has 1 aliphatic carbocycles. The van der Waals surface area contributed by atoms with Gasteiger partial charge in [0, 0.05) is 0 Å². The summed E-state index contributed by atoms with van der Waals surface area (Å²) in [4.78, 5) is 0.215. The molecule has 1 aliphatic rings. The molecule has 0 saturated carbocycles. The Morgan fingerprint density at radius 3 is 2.57 bits per heavy atom. The van der Waals surface area contributed by atoms with E-state index in [4.69, 9.17) is 0 Å². The summed E-state index contributed by atoms with van der Waals surface area (Å²) in [5, 5.41) is 0. The van der Waals surface area contributed by atoms with Crippen LogP contribution in [0.5, 0.6) is 0 Å². The normalized spacial score (nSPS) is 18.3. The number of hydrogen-bond donors (Lipinski definition) is 0. The molecular formula is C13H18F3O3PdS. The zero-order valence-corrected chi connectivity index (χ0v) is 13.9. The molecular weight excluding hydrogens is 400 g/mol. The van der Waals surface area contributed by atoms with Crippen LogP contribution in [0.25, 0.3) is 0 Å². The topological polar surface area (TPSA) is 43.4 Å². The molecule has 0 fully saturated rings. The molecule has 0 N–H and O–H groups in total. The van der Waals surface area contributed by atoms with Crippen LogP contribution < -0.4 is 0 Å². The third kappa shape index (κ3) is 6.07. The van der Waals surface area contributed by atoms with Gasteiger partial charge >= 0.3 is 129 Å². The SMILES string of the molecule is C/C=C/[CH2][Pd]([O]S(=O)(=O)C(F)(F)F)[C]1=CCCC=CCC1. The molecule has 1 rings (SSSR count). The molecule has 0 heterocycles. The number of rotatable bonds is 5. The van der Waals surface area contributed by atoms with Gasteiger partial charge in [0.15, 0.2) is 0 Å². The van der Waals surface area contributed by atoms with Gasteiger partial charge in [-0.1, -0.05) is 0 Å². The third-order valence-electron chi connectivity index (χ3n) is 2.46. The van der Waals surface area contributed by atoms with Crippen molar-refractivity contribution in [2.75, 3.05) is 0 Å².